The fourth-order valence-corrected chi connectivity index (χ4v) is 3.29. The Labute approximate surface area is 125 Å². The summed E-state index contributed by atoms with van der Waals surface area (Å²) in [4.78, 5) is 12.4. The summed E-state index contributed by atoms with van der Waals surface area (Å²) < 4.78 is 5.10. The maximum atomic E-state index is 12.4. The van der Waals surface area contributed by atoms with Crippen LogP contribution in [0.3, 0.4) is 0 Å². The molecule has 1 amide bonds. The molecule has 0 bridgehead atoms. The number of ether oxygens (including phenoxy) is 1. The van der Waals surface area contributed by atoms with Gasteiger partial charge >= 0.3 is 0 Å². The summed E-state index contributed by atoms with van der Waals surface area (Å²) in [5, 5.41) is 3.15. The van der Waals surface area contributed by atoms with Crippen molar-refractivity contribution in [3.63, 3.8) is 0 Å². The lowest BCUT2D eigenvalue weighted by Gasteiger charge is -2.39. The number of nitrogens with one attached hydrogen (secondary N) is 1. The van der Waals surface area contributed by atoms with E-state index >= 15 is 0 Å². The van der Waals surface area contributed by atoms with E-state index in [0.717, 1.165) is 25.0 Å². The molecule has 1 aromatic carbocycles. The Balaban J connectivity index is 2.08. The molecule has 2 unspecified atom stereocenters. The second-order valence-corrected chi connectivity index (χ2v) is 6.07. The molecule has 20 heavy (non-hydrogen) atoms. The van der Waals surface area contributed by atoms with Gasteiger partial charge in [-0.25, -0.2) is 0 Å². The minimum atomic E-state index is -0.254. The van der Waals surface area contributed by atoms with E-state index in [1.54, 1.807) is 31.4 Å². The van der Waals surface area contributed by atoms with E-state index in [9.17, 15) is 4.79 Å². The van der Waals surface area contributed by atoms with Crippen LogP contribution < -0.4 is 10.1 Å². The molecular weight excluding hydrogens is 274 g/mol. The summed E-state index contributed by atoms with van der Waals surface area (Å²) in [5.74, 6) is 1.78. The molecule has 0 spiro atoms. The first kappa shape index (κ1) is 15.2. The SMILES string of the molecule is COc1ccc(C(=O)NC2(CCl)CCCC(C)C2)cc1. The van der Waals surface area contributed by atoms with Crippen LogP contribution in [0.2, 0.25) is 0 Å². The molecule has 110 valence electrons. The Morgan fingerprint density at radius 3 is 2.70 bits per heavy atom. The van der Waals surface area contributed by atoms with Crippen molar-refractivity contribution in [2.75, 3.05) is 13.0 Å². The maximum absolute atomic E-state index is 12.4. The zero-order chi connectivity index (χ0) is 14.6. The summed E-state index contributed by atoms with van der Waals surface area (Å²) in [6.07, 6.45) is 4.26. The Bertz CT molecular complexity index is 460. The minimum Gasteiger partial charge on any atom is -0.497 e. The molecule has 1 saturated carbocycles. The predicted octanol–water partition coefficient (Wildman–Crippen LogP) is 3.61. The molecule has 1 N–H and O–H groups in total. The van der Waals surface area contributed by atoms with Gasteiger partial charge in [-0.15, -0.1) is 11.6 Å². The first-order valence-electron chi connectivity index (χ1n) is 7.11. The molecule has 0 saturated heterocycles. The van der Waals surface area contributed by atoms with Gasteiger partial charge in [0, 0.05) is 11.4 Å². The Kier molecular flexibility index (Phi) is 4.92. The number of carbonyl (C=O) groups is 1. The molecule has 0 aliphatic heterocycles. The number of methoxy groups -OCH3 is 1. The van der Waals surface area contributed by atoms with Crippen LogP contribution in [0.15, 0.2) is 24.3 Å². The van der Waals surface area contributed by atoms with Crippen LogP contribution in [0.1, 0.15) is 43.0 Å². The monoisotopic (exact) mass is 295 g/mol. The van der Waals surface area contributed by atoms with Crippen LogP contribution in [0, 0.1) is 5.92 Å². The third kappa shape index (κ3) is 3.45. The normalized spacial score (nSPS) is 26.1. The topological polar surface area (TPSA) is 38.3 Å². The highest BCUT2D eigenvalue weighted by Gasteiger charge is 2.35. The third-order valence-corrected chi connectivity index (χ3v) is 4.59. The lowest BCUT2D eigenvalue weighted by Crippen LogP contribution is -2.52. The van der Waals surface area contributed by atoms with Gasteiger partial charge in [0.2, 0.25) is 0 Å². The van der Waals surface area contributed by atoms with Crippen molar-refractivity contribution in [3.05, 3.63) is 29.8 Å². The fraction of sp³-hybridized carbons (Fsp3) is 0.562. The number of hydrogen-bond acceptors (Lipinski definition) is 2. The van der Waals surface area contributed by atoms with Crippen molar-refractivity contribution in [1.29, 1.82) is 0 Å². The molecule has 0 radical (unpaired) electrons. The van der Waals surface area contributed by atoms with Crippen molar-refractivity contribution in [2.24, 2.45) is 5.92 Å². The van der Waals surface area contributed by atoms with E-state index < -0.39 is 0 Å². The van der Waals surface area contributed by atoms with Crippen LogP contribution in [-0.2, 0) is 0 Å². The summed E-state index contributed by atoms with van der Waals surface area (Å²) >= 11 is 6.15. The average molecular weight is 296 g/mol. The number of carbonyl (C=O) groups excluding carboxylic acids is 1. The molecule has 0 aromatic heterocycles. The lowest BCUT2D eigenvalue weighted by atomic mass is 9.77. The highest BCUT2D eigenvalue weighted by molar-refractivity contribution is 6.19. The largest absolute Gasteiger partial charge is 0.497 e. The molecule has 1 aliphatic carbocycles. The smallest absolute Gasteiger partial charge is 0.251 e. The molecule has 2 rings (SSSR count). The first-order chi connectivity index (χ1) is 9.58. The molecule has 3 nitrogen and oxygen atoms in total. The van der Waals surface area contributed by atoms with Crippen molar-refractivity contribution in [3.8, 4) is 5.75 Å². The molecule has 1 fully saturated rings. The van der Waals surface area contributed by atoms with Gasteiger partial charge in [-0.1, -0.05) is 19.8 Å². The summed E-state index contributed by atoms with van der Waals surface area (Å²) in [7, 11) is 1.61. The quantitative estimate of drug-likeness (QED) is 0.862. The molecule has 4 heteroatoms. The lowest BCUT2D eigenvalue weighted by molar-refractivity contribution is 0.0867. The van der Waals surface area contributed by atoms with Crippen molar-refractivity contribution in [1.82, 2.24) is 5.32 Å². The van der Waals surface area contributed by atoms with Gasteiger partial charge in [-0.05, 0) is 43.0 Å². The average Bonchev–Trinajstić information content (AvgIpc) is 2.47. The fourth-order valence-electron chi connectivity index (χ4n) is 2.98. The number of benzene rings is 1. The maximum Gasteiger partial charge on any atom is 0.251 e. The van der Waals surface area contributed by atoms with Gasteiger partial charge < -0.3 is 10.1 Å². The van der Waals surface area contributed by atoms with Crippen molar-refractivity contribution in [2.45, 2.75) is 38.1 Å². The molecule has 0 heterocycles. The number of rotatable bonds is 4. The highest BCUT2D eigenvalue weighted by Crippen LogP contribution is 2.33. The van der Waals surface area contributed by atoms with Crippen LogP contribution in [0.4, 0.5) is 0 Å². The van der Waals surface area contributed by atoms with Gasteiger partial charge in [-0.2, -0.15) is 0 Å². The Morgan fingerprint density at radius 1 is 1.45 bits per heavy atom. The van der Waals surface area contributed by atoms with E-state index in [1.807, 2.05) is 0 Å². The van der Waals surface area contributed by atoms with Gasteiger partial charge in [0.1, 0.15) is 5.75 Å². The molecular formula is C16H22ClNO2. The highest BCUT2D eigenvalue weighted by atomic mass is 35.5. The van der Waals surface area contributed by atoms with E-state index in [0.29, 0.717) is 17.4 Å². The Hall–Kier alpha value is -1.22. The van der Waals surface area contributed by atoms with Crippen LogP contribution in [0.5, 0.6) is 5.75 Å². The van der Waals surface area contributed by atoms with E-state index in [4.69, 9.17) is 16.3 Å². The predicted molar refractivity (Wildman–Crippen MR) is 81.5 cm³/mol. The zero-order valence-corrected chi connectivity index (χ0v) is 12.9. The van der Waals surface area contributed by atoms with E-state index in [1.165, 1.54) is 6.42 Å². The zero-order valence-electron chi connectivity index (χ0n) is 12.1. The van der Waals surface area contributed by atoms with Gasteiger partial charge in [-0.3, -0.25) is 4.79 Å². The standard InChI is InChI=1S/C16H22ClNO2/c1-12-4-3-9-16(10-12,11-17)18-15(19)13-5-7-14(20-2)8-6-13/h5-8,12H,3-4,9-11H2,1-2H3,(H,18,19). The number of halogens is 1. The molecule has 1 aliphatic rings. The molecule has 2 atom stereocenters. The van der Waals surface area contributed by atoms with Crippen LogP contribution in [-0.4, -0.2) is 24.4 Å². The summed E-state index contributed by atoms with van der Waals surface area (Å²) in [6, 6.07) is 7.16. The third-order valence-electron chi connectivity index (χ3n) is 4.08. The van der Waals surface area contributed by atoms with Crippen LogP contribution >= 0.6 is 11.6 Å². The van der Waals surface area contributed by atoms with Gasteiger partial charge in [0.15, 0.2) is 0 Å². The van der Waals surface area contributed by atoms with Crippen LogP contribution in [0.25, 0.3) is 0 Å². The van der Waals surface area contributed by atoms with E-state index in [-0.39, 0.29) is 11.4 Å². The first-order valence-corrected chi connectivity index (χ1v) is 7.64. The second-order valence-electron chi connectivity index (χ2n) is 5.80. The summed E-state index contributed by atoms with van der Waals surface area (Å²) in [5.41, 5.74) is 0.393. The number of hydrogen-bond donors (Lipinski definition) is 1. The van der Waals surface area contributed by atoms with Gasteiger partial charge in [0.25, 0.3) is 5.91 Å². The second kappa shape index (κ2) is 6.49. The number of alkyl halides is 1. The van der Waals surface area contributed by atoms with Crippen molar-refractivity contribution < 1.29 is 9.53 Å². The van der Waals surface area contributed by atoms with E-state index in [2.05, 4.69) is 12.2 Å². The summed E-state index contributed by atoms with van der Waals surface area (Å²) in [6.45, 7) is 2.22. The minimum absolute atomic E-state index is 0.0533. The Morgan fingerprint density at radius 2 is 2.15 bits per heavy atom. The van der Waals surface area contributed by atoms with Gasteiger partial charge in [0.05, 0.1) is 12.6 Å². The van der Waals surface area contributed by atoms with Crippen molar-refractivity contribution >= 4 is 17.5 Å². The molecule has 1 aromatic rings. The number of amides is 1.